The number of nitrogens with zero attached hydrogens (tertiary/aromatic N) is 7. The first-order valence-electron chi connectivity index (χ1n) is 13.1. The molecule has 4 aromatic rings. The van der Waals surface area contributed by atoms with Crippen LogP contribution in [-0.4, -0.2) is 35.5 Å². The van der Waals surface area contributed by atoms with Gasteiger partial charge in [0.05, 0.1) is 35.1 Å². The summed E-state index contributed by atoms with van der Waals surface area (Å²) in [6.07, 6.45) is -5.28. The van der Waals surface area contributed by atoms with E-state index in [-0.39, 0.29) is 33.8 Å². The Bertz CT molecular complexity index is 2000. The maximum Gasteiger partial charge on any atom is 0.431 e. The molecule has 3 aromatic carbocycles. The highest BCUT2D eigenvalue weighted by atomic mass is 32.2. The molecule has 1 unspecified atom stereocenters. The van der Waals surface area contributed by atoms with Crippen LogP contribution in [0.2, 0.25) is 0 Å². The van der Waals surface area contributed by atoms with Gasteiger partial charge in [0.15, 0.2) is 0 Å². The largest absolute Gasteiger partial charge is 0.444 e. The molecule has 1 aliphatic rings. The van der Waals surface area contributed by atoms with E-state index in [1.165, 1.54) is 36.1 Å². The Morgan fingerprint density at radius 3 is 2.31 bits per heavy atom. The van der Waals surface area contributed by atoms with Gasteiger partial charge in [-0.05, 0) is 48.4 Å². The molecule has 1 atom stereocenters. The summed E-state index contributed by atoms with van der Waals surface area (Å²) in [6.45, 7) is 1.22. The molecule has 1 amide bonds. The van der Waals surface area contributed by atoms with Gasteiger partial charge >= 0.3 is 12.3 Å². The first-order valence-corrected chi connectivity index (χ1v) is 14.9. The van der Waals surface area contributed by atoms with E-state index >= 15 is 0 Å². The summed E-state index contributed by atoms with van der Waals surface area (Å²) in [7, 11) is -4.41. The molecule has 0 spiro atoms. The number of fused-ring (bicyclic) bond motifs is 1. The van der Waals surface area contributed by atoms with Crippen molar-refractivity contribution in [1.29, 1.82) is 10.5 Å². The lowest BCUT2D eigenvalue weighted by atomic mass is 9.95. The number of allylic oxidation sites excluding steroid dienone is 2. The van der Waals surface area contributed by atoms with Crippen LogP contribution < -0.4 is 9.21 Å². The predicted octanol–water partition coefficient (Wildman–Crippen LogP) is 5.81. The van der Waals surface area contributed by atoms with Crippen molar-refractivity contribution >= 4 is 33.7 Å². The number of carbonyl (C=O) groups is 1. The summed E-state index contributed by atoms with van der Waals surface area (Å²) >= 11 is 0. The first kappa shape index (κ1) is 30.8. The molecule has 0 fully saturated rings. The zero-order chi connectivity index (χ0) is 32.5. The summed E-state index contributed by atoms with van der Waals surface area (Å²) < 4.78 is 73.5. The molecule has 45 heavy (non-hydrogen) atoms. The number of ether oxygens (including phenoxy) is 1. The minimum absolute atomic E-state index is 0.0404. The fraction of sp³-hybridized carbons (Fsp3) is 0.167. The lowest BCUT2D eigenvalue weighted by molar-refractivity contribution is -0.137. The number of hydrogen-bond donors (Lipinski definition) is 0. The van der Waals surface area contributed by atoms with Crippen LogP contribution in [0.4, 0.5) is 35.5 Å². The normalized spacial score (nSPS) is 14.7. The molecule has 0 saturated carbocycles. The van der Waals surface area contributed by atoms with Gasteiger partial charge in [-0.2, -0.15) is 28.7 Å². The molecule has 0 bridgehead atoms. The second-order valence-electron chi connectivity index (χ2n) is 9.85. The Morgan fingerprint density at radius 2 is 1.71 bits per heavy atom. The number of carbonyl (C=O) groups excluding carboxylic acids is 1. The molecular formula is C30H22F3N7O4S. The Balaban J connectivity index is 1.69. The van der Waals surface area contributed by atoms with Crippen LogP contribution in [0, 0.1) is 22.7 Å². The smallest absolute Gasteiger partial charge is 0.431 e. The average Bonchev–Trinajstić information content (AvgIpc) is 3.42. The Kier molecular flexibility index (Phi) is 8.06. The Hall–Kier alpha value is -5.67. The minimum atomic E-state index is -4.69. The van der Waals surface area contributed by atoms with Gasteiger partial charge in [0.25, 0.3) is 5.95 Å². The highest BCUT2D eigenvalue weighted by Gasteiger charge is 2.40. The van der Waals surface area contributed by atoms with E-state index < -0.39 is 39.8 Å². The van der Waals surface area contributed by atoms with Crippen molar-refractivity contribution in [3.8, 4) is 12.1 Å². The van der Waals surface area contributed by atoms with Gasteiger partial charge in [0, 0.05) is 11.4 Å². The number of aromatic nitrogens is 3. The summed E-state index contributed by atoms with van der Waals surface area (Å²) in [6, 6.07) is 21.9. The van der Waals surface area contributed by atoms with Crippen molar-refractivity contribution in [2.24, 2.45) is 0 Å². The van der Waals surface area contributed by atoms with Gasteiger partial charge < -0.3 is 4.74 Å². The standard InChI is InChI=1S/C30H22F3N7O4S/c1-19-25(17-35)26(22-13-11-20(16-34)12-14-22)39-28(38(19)24-10-6-9-23(15-24)30(31,32)33)36-27(37-39)40(45(2,42)43)29(41)44-18-21-7-4-3-5-8-21/h3-15,26H,18H2,1-2H3. The van der Waals surface area contributed by atoms with Gasteiger partial charge in [-0.15, -0.1) is 9.40 Å². The van der Waals surface area contributed by atoms with Crippen molar-refractivity contribution < 1.29 is 31.1 Å². The third kappa shape index (κ3) is 6.07. The van der Waals surface area contributed by atoms with Gasteiger partial charge in [-0.3, -0.25) is 4.90 Å². The SMILES string of the molecule is CC1=C(C#N)C(c2ccc(C#N)cc2)n2nc(N(C(=O)OCc3ccccc3)S(C)(=O)=O)nc2N1c1cccc(C(F)(F)F)c1. The van der Waals surface area contributed by atoms with Crippen molar-refractivity contribution in [3.63, 3.8) is 0 Å². The molecular weight excluding hydrogens is 611 g/mol. The van der Waals surface area contributed by atoms with Gasteiger partial charge in [-0.1, -0.05) is 48.5 Å². The predicted molar refractivity (Wildman–Crippen MR) is 155 cm³/mol. The van der Waals surface area contributed by atoms with Crippen molar-refractivity contribution in [1.82, 2.24) is 14.8 Å². The van der Waals surface area contributed by atoms with E-state index in [1.807, 2.05) is 6.07 Å². The number of hydrogen-bond acceptors (Lipinski definition) is 9. The molecule has 5 rings (SSSR count). The zero-order valence-electron chi connectivity index (χ0n) is 23.6. The maximum absolute atomic E-state index is 13.7. The molecule has 0 radical (unpaired) electrons. The summed E-state index contributed by atoms with van der Waals surface area (Å²) in [4.78, 5) is 18.7. The number of rotatable bonds is 6. The second kappa shape index (κ2) is 11.8. The maximum atomic E-state index is 13.7. The third-order valence-electron chi connectivity index (χ3n) is 6.84. The quantitative estimate of drug-likeness (QED) is 0.257. The topological polar surface area (TPSA) is 145 Å². The molecule has 11 nitrogen and oxygen atoms in total. The lowest BCUT2D eigenvalue weighted by Crippen LogP contribution is -2.37. The Labute approximate surface area is 255 Å². The fourth-order valence-corrected chi connectivity index (χ4v) is 5.47. The van der Waals surface area contributed by atoms with Crippen molar-refractivity contribution in [2.75, 3.05) is 15.5 Å². The highest BCUT2D eigenvalue weighted by Crippen LogP contribution is 2.44. The van der Waals surface area contributed by atoms with E-state index in [0.29, 0.717) is 16.7 Å². The van der Waals surface area contributed by atoms with Crippen LogP contribution in [-0.2, 0) is 27.5 Å². The summed E-state index contributed by atoms with van der Waals surface area (Å²) in [5.74, 6) is -0.840. The van der Waals surface area contributed by atoms with Crippen molar-refractivity contribution in [3.05, 3.63) is 112 Å². The number of nitriles is 2. The number of amides is 1. The number of alkyl halides is 3. The molecule has 228 valence electrons. The molecule has 0 N–H and O–H groups in total. The first-order chi connectivity index (χ1) is 21.3. The molecule has 0 saturated heterocycles. The van der Waals surface area contributed by atoms with Gasteiger partial charge in [0.2, 0.25) is 16.0 Å². The average molecular weight is 634 g/mol. The van der Waals surface area contributed by atoms with E-state index in [0.717, 1.165) is 23.1 Å². The summed E-state index contributed by atoms with van der Waals surface area (Å²) in [5.41, 5.74) is 0.521. The number of benzene rings is 3. The van der Waals surface area contributed by atoms with Crippen LogP contribution in [0.15, 0.2) is 90.1 Å². The van der Waals surface area contributed by atoms with E-state index in [1.54, 1.807) is 42.5 Å². The molecule has 15 heteroatoms. The molecule has 1 aliphatic heterocycles. The second-order valence-corrected chi connectivity index (χ2v) is 11.7. The lowest BCUT2D eigenvalue weighted by Gasteiger charge is -2.34. The molecule has 0 aliphatic carbocycles. The van der Waals surface area contributed by atoms with E-state index in [4.69, 9.17) is 4.74 Å². The van der Waals surface area contributed by atoms with E-state index in [9.17, 15) is 36.9 Å². The molecule has 2 heterocycles. The van der Waals surface area contributed by atoms with Crippen LogP contribution >= 0.6 is 0 Å². The van der Waals surface area contributed by atoms with Gasteiger partial charge in [-0.25, -0.2) is 17.9 Å². The van der Waals surface area contributed by atoms with Crippen LogP contribution in [0.25, 0.3) is 0 Å². The van der Waals surface area contributed by atoms with Crippen molar-refractivity contribution in [2.45, 2.75) is 25.7 Å². The van der Waals surface area contributed by atoms with Gasteiger partial charge in [0.1, 0.15) is 12.6 Å². The van der Waals surface area contributed by atoms with E-state index in [2.05, 4.69) is 16.2 Å². The number of sulfonamides is 1. The summed E-state index contributed by atoms with van der Waals surface area (Å²) in [5, 5.41) is 23.8. The number of anilines is 3. The molecule has 1 aromatic heterocycles. The third-order valence-corrected chi connectivity index (χ3v) is 7.81. The monoisotopic (exact) mass is 633 g/mol. The zero-order valence-corrected chi connectivity index (χ0v) is 24.4. The van der Waals surface area contributed by atoms with Crippen LogP contribution in [0.5, 0.6) is 0 Å². The highest BCUT2D eigenvalue weighted by molar-refractivity contribution is 7.92. The van der Waals surface area contributed by atoms with Crippen LogP contribution in [0.3, 0.4) is 0 Å². The fourth-order valence-electron chi connectivity index (χ4n) is 4.77. The van der Waals surface area contributed by atoms with Crippen LogP contribution in [0.1, 0.15) is 35.2 Å². The minimum Gasteiger partial charge on any atom is -0.444 e. The number of halogens is 3. The Morgan fingerprint density at radius 1 is 1.02 bits per heavy atom.